The number of carbonyl (C=O) groups excluding carboxylic acids is 1. The third kappa shape index (κ3) is 3.32. The fourth-order valence-corrected chi connectivity index (χ4v) is 3.31. The maximum atomic E-state index is 11.5. The summed E-state index contributed by atoms with van der Waals surface area (Å²) in [5, 5.41) is 0.348. The number of halogens is 5. The molecule has 1 fully saturated rings. The maximum Gasteiger partial charge on any atom is 0.309 e. The van der Waals surface area contributed by atoms with Gasteiger partial charge in [0.2, 0.25) is 0 Å². The Kier molecular flexibility index (Phi) is 5.43. The van der Waals surface area contributed by atoms with Crippen LogP contribution in [-0.2, 0) is 9.53 Å². The minimum atomic E-state index is -0.694. The largest absolute Gasteiger partial charge is 0.483 e. The second-order valence-electron chi connectivity index (χ2n) is 4.79. The number of methoxy groups -OCH3 is 1. The van der Waals surface area contributed by atoms with Crippen molar-refractivity contribution in [1.29, 1.82) is 0 Å². The molecule has 1 saturated carbocycles. The van der Waals surface area contributed by atoms with Crippen LogP contribution in [0.3, 0.4) is 0 Å². The van der Waals surface area contributed by atoms with E-state index in [1.54, 1.807) is 0 Å². The fourth-order valence-electron chi connectivity index (χ4n) is 2.11. The minimum Gasteiger partial charge on any atom is -0.483 e. The van der Waals surface area contributed by atoms with Gasteiger partial charge in [-0.3, -0.25) is 4.79 Å². The van der Waals surface area contributed by atoms with Crippen molar-refractivity contribution in [3.63, 3.8) is 0 Å². The van der Waals surface area contributed by atoms with E-state index in [1.165, 1.54) is 7.11 Å². The Morgan fingerprint density at radius 2 is 1.48 bits per heavy atom. The molecule has 0 spiro atoms. The molecule has 3 nitrogen and oxygen atoms in total. The predicted octanol–water partition coefficient (Wildman–Crippen LogP) is 5.82. The number of hydrogen-bond acceptors (Lipinski definition) is 3. The van der Waals surface area contributed by atoms with Crippen molar-refractivity contribution in [2.24, 2.45) is 0 Å². The molecule has 0 radical (unpaired) electrons. The summed E-state index contributed by atoms with van der Waals surface area (Å²) in [4.78, 5) is 11.5. The summed E-state index contributed by atoms with van der Waals surface area (Å²) in [6.45, 7) is 0. The third-order valence-corrected chi connectivity index (χ3v) is 5.69. The summed E-state index contributed by atoms with van der Waals surface area (Å²) in [6, 6.07) is 0. The quantitative estimate of drug-likeness (QED) is 0.368. The highest BCUT2D eigenvalue weighted by molar-refractivity contribution is 6.55. The Bertz CT molecular complexity index is 555. The van der Waals surface area contributed by atoms with Crippen molar-refractivity contribution in [3.8, 4) is 5.75 Å². The second-order valence-corrected chi connectivity index (χ2v) is 6.68. The van der Waals surface area contributed by atoms with E-state index in [4.69, 9.17) is 62.7 Å². The fraction of sp³-hybridized carbons (Fsp3) is 0.462. The lowest BCUT2D eigenvalue weighted by atomic mass is 9.77. The lowest BCUT2D eigenvalue weighted by Gasteiger charge is -2.41. The summed E-state index contributed by atoms with van der Waals surface area (Å²) >= 11 is 30.2. The molecule has 0 heterocycles. The van der Waals surface area contributed by atoms with Gasteiger partial charge in [-0.2, -0.15) is 0 Å². The number of benzene rings is 1. The van der Waals surface area contributed by atoms with Crippen LogP contribution in [-0.4, -0.2) is 18.7 Å². The Balaban J connectivity index is 2.37. The molecule has 1 aromatic rings. The normalized spacial score (nSPS) is 16.3. The van der Waals surface area contributed by atoms with Crippen molar-refractivity contribution in [2.45, 2.75) is 31.3 Å². The van der Waals surface area contributed by atoms with Gasteiger partial charge in [-0.15, -0.1) is 0 Å². The van der Waals surface area contributed by atoms with Gasteiger partial charge in [-0.25, -0.2) is 0 Å². The first-order valence-electron chi connectivity index (χ1n) is 6.08. The second kappa shape index (κ2) is 6.59. The molecule has 0 bridgehead atoms. The smallest absolute Gasteiger partial charge is 0.309 e. The highest BCUT2D eigenvalue weighted by Crippen LogP contribution is 2.51. The first kappa shape index (κ1) is 17.3. The van der Waals surface area contributed by atoms with E-state index in [0.717, 1.165) is 6.42 Å². The van der Waals surface area contributed by atoms with E-state index in [9.17, 15) is 4.79 Å². The summed E-state index contributed by atoms with van der Waals surface area (Å²) < 4.78 is 10.6. The van der Waals surface area contributed by atoms with Crippen molar-refractivity contribution >= 4 is 64.0 Å². The van der Waals surface area contributed by atoms with Gasteiger partial charge < -0.3 is 9.47 Å². The van der Waals surface area contributed by atoms with Gasteiger partial charge in [-0.1, -0.05) is 58.0 Å². The predicted molar refractivity (Wildman–Crippen MR) is 85.3 cm³/mol. The van der Waals surface area contributed by atoms with E-state index in [0.29, 0.717) is 12.8 Å². The van der Waals surface area contributed by atoms with Crippen LogP contribution >= 0.6 is 58.0 Å². The highest BCUT2D eigenvalue weighted by atomic mass is 35.5. The van der Waals surface area contributed by atoms with E-state index < -0.39 is 5.60 Å². The molecule has 0 atom stereocenters. The summed E-state index contributed by atoms with van der Waals surface area (Å²) in [6.07, 6.45) is 2.41. The Hall–Kier alpha value is -0.0600. The molecule has 0 aromatic heterocycles. The van der Waals surface area contributed by atoms with Gasteiger partial charge in [0.25, 0.3) is 0 Å². The van der Waals surface area contributed by atoms with Crippen molar-refractivity contribution in [3.05, 3.63) is 25.1 Å². The molecular formula is C13H11Cl5O3. The van der Waals surface area contributed by atoms with Crippen molar-refractivity contribution < 1.29 is 14.3 Å². The molecule has 0 aliphatic heterocycles. The molecule has 21 heavy (non-hydrogen) atoms. The molecule has 1 aromatic carbocycles. The highest BCUT2D eigenvalue weighted by Gasteiger charge is 2.43. The number of rotatable bonds is 4. The first-order valence-corrected chi connectivity index (χ1v) is 7.97. The molecule has 8 heteroatoms. The van der Waals surface area contributed by atoms with Crippen LogP contribution in [0.5, 0.6) is 5.75 Å². The lowest BCUT2D eigenvalue weighted by Crippen LogP contribution is -2.45. The van der Waals surface area contributed by atoms with E-state index >= 15 is 0 Å². The first-order chi connectivity index (χ1) is 9.81. The van der Waals surface area contributed by atoms with Crippen LogP contribution in [0.25, 0.3) is 0 Å². The van der Waals surface area contributed by atoms with Gasteiger partial charge in [0.05, 0.1) is 28.6 Å². The molecule has 2 rings (SSSR count). The molecule has 0 N–H and O–H groups in total. The molecule has 0 unspecified atom stereocenters. The number of hydrogen-bond donors (Lipinski definition) is 0. The average Bonchev–Trinajstić information content (AvgIpc) is 2.44. The lowest BCUT2D eigenvalue weighted by molar-refractivity contribution is -0.148. The van der Waals surface area contributed by atoms with Crippen molar-refractivity contribution in [1.82, 2.24) is 0 Å². The minimum absolute atomic E-state index is 0.0651. The van der Waals surface area contributed by atoms with Crippen LogP contribution in [0.15, 0.2) is 0 Å². The molecule has 0 saturated heterocycles. The SMILES string of the molecule is COC(=O)CC1(Oc2c(Cl)c(Cl)c(Cl)c(Cl)c2Cl)CCC1. The third-order valence-electron chi connectivity index (χ3n) is 3.45. The summed E-state index contributed by atoms with van der Waals surface area (Å²) in [5.41, 5.74) is -0.694. The van der Waals surface area contributed by atoms with Crippen LogP contribution < -0.4 is 4.74 Å². The Morgan fingerprint density at radius 3 is 1.86 bits per heavy atom. The zero-order valence-electron chi connectivity index (χ0n) is 10.9. The van der Waals surface area contributed by atoms with Crippen LogP contribution in [0.1, 0.15) is 25.7 Å². The summed E-state index contributed by atoms with van der Waals surface area (Å²) in [5.74, 6) is -0.227. The molecular weight excluding hydrogens is 381 g/mol. The topological polar surface area (TPSA) is 35.5 Å². The number of ether oxygens (including phenoxy) is 2. The van der Waals surface area contributed by atoms with Crippen LogP contribution in [0.4, 0.5) is 0 Å². The van der Waals surface area contributed by atoms with Gasteiger partial charge in [0, 0.05) is 0 Å². The Morgan fingerprint density at radius 1 is 1.00 bits per heavy atom. The monoisotopic (exact) mass is 390 g/mol. The van der Waals surface area contributed by atoms with E-state index in [-0.39, 0.29) is 43.3 Å². The van der Waals surface area contributed by atoms with E-state index in [1.807, 2.05) is 0 Å². The van der Waals surface area contributed by atoms with Crippen LogP contribution in [0.2, 0.25) is 25.1 Å². The van der Waals surface area contributed by atoms with Gasteiger partial charge in [0.1, 0.15) is 15.6 Å². The molecule has 1 aliphatic rings. The zero-order chi connectivity index (χ0) is 15.8. The molecule has 0 amide bonds. The van der Waals surface area contributed by atoms with Gasteiger partial charge in [0.15, 0.2) is 5.75 Å². The number of esters is 1. The standard InChI is InChI=1S/C13H11Cl5O3/c1-20-6(19)5-13(3-2-4-13)21-12-10(17)8(15)7(14)9(16)11(12)18/h2-5H2,1H3. The van der Waals surface area contributed by atoms with Gasteiger partial charge in [-0.05, 0) is 19.3 Å². The van der Waals surface area contributed by atoms with Gasteiger partial charge >= 0.3 is 5.97 Å². The average molecular weight is 392 g/mol. The van der Waals surface area contributed by atoms with Crippen LogP contribution in [0, 0.1) is 0 Å². The molecule has 116 valence electrons. The zero-order valence-corrected chi connectivity index (χ0v) is 14.7. The van der Waals surface area contributed by atoms with Crippen molar-refractivity contribution in [2.75, 3.05) is 7.11 Å². The molecule has 1 aliphatic carbocycles. The maximum absolute atomic E-state index is 11.5. The summed E-state index contributed by atoms with van der Waals surface area (Å²) in [7, 11) is 1.32. The Labute approximate surface area is 147 Å². The number of carbonyl (C=O) groups is 1. The van der Waals surface area contributed by atoms with E-state index in [2.05, 4.69) is 4.74 Å².